The molecule has 20 nitrogen and oxygen atoms in total. The third kappa shape index (κ3) is 24.0. The van der Waals surface area contributed by atoms with Gasteiger partial charge in [-0.25, -0.2) is 0 Å². The summed E-state index contributed by atoms with van der Waals surface area (Å²) in [5, 5.41) is 0. The third-order valence-electron chi connectivity index (χ3n) is 14.9. The van der Waals surface area contributed by atoms with Crippen molar-refractivity contribution in [3.63, 3.8) is 0 Å². The molecule has 0 saturated heterocycles. The first-order valence-electron chi connectivity index (χ1n) is 30.5. The molecule has 0 N–H and O–H groups in total. The molecule has 0 spiro atoms. The molecule has 4 aromatic rings. The number of ether oxygens (including phenoxy) is 4. The van der Waals surface area contributed by atoms with Crippen LogP contribution in [0.15, 0.2) is 38.4 Å². The minimum absolute atomic E-state index is 0.291. The van der Waals surface area contributed by atoms with Crippen LogP contribution in [0, 0.1) is 0 Å². The molecular weight excluding hydrogens is 1080 g/mol. The zero-order valence-electron chi connectivity index (χ0n) is 57.3. The Balaban J connectivity index is 0.000000567. The van der Waals surface area contributed by atoms with E-state index in [1.54, 1.807) is 0 Å². The molecule has 0 radical (unpaired) electrons. The minimum atomic E-state index is -0.370. The van der Waals surface area contributed by atoms with Crippen LogP contribution >= 0.6 is 0 Å². The van der Waals surface area contributed by atoms with Crippen LogP contribution in [0.5, 0.6) is 0 Å². The monoisotopic (exact) mass is 1200 g/mol. The molecule has 486 valence electrons. The summed E-state index contributed by atoms with van der Waals surface area (Å²) in [5.74, 6) is 0. The molecule has 0 heterocycles. The maximum Gasteiger partial charge on any atom is 0.249 e. The highest BCUT2D eigenvalue weighted by atomic mass is 16.5. The molecule has 0 aliphatic carbocycles. The van der Waals surface area contributed by atoms with Crippen LogP contribution in [0.4, 0.5) is 22.7 Å². The van der Waals surface area contributed by atoms with Gasteiger partial charge in [-0.05, 0) is 82.5 Å². The van der Waals surface area contributed by atoms with Crippen LogP contribution in [-0.2, 0) is 40.6 Å². The Bertz CT molecular complexity index is 2890. The summed E-state index contributed by atoms with van der Waals surface area (Å²) in [6.45, 7) is 47.1. The first-order valence-corrected chi connectivity index (χ1v) is 30.5. The molecule has 0 atom stereocenters. The fourth-order valence-electron chi connectivity index (χ4n) is 9.49. The van der Waals surface area contributed by atoms with Crippen molar-refractivity contribution in [3.05, 3.63) is 104 Å². The summed E-state index contributed by atoms with van der Waals surface area (Å²) in [5.41, 5.74) is 0.802. The fraction of sp³-hybridized carbons (Fsp3) is 0.754. The Morgan fingerprint density at radius 2 is 0.518 bits per heavy atom. The van der Waals surface area contributed by atoms with Crippen molar-refractivity contribution < 1.29 is 18.9 Å². The predicted molar refractivity (Wildman–Crippen MR) is 354 cm³/mol. The van der Waals surface area contributed by atoms with E-state index >= 15 is 0 Å². The molecule has 20 heteroatoms. The van der Waals surface area contributed by atoms with Gasteiger partial charge in [-0.1, -0.05) is 111 Å². The van der Waals surface area contributed by atoms with Gasteiger partial charge in [0.15, 0.2) is 0 Å². The van der Waals surface area contributed by atoms with E-state index in [-0.39, 0.29) is 65.1 Å². The lowest BCUT2D eigenvalue weighted by molar-refractivity contribution is 0.112. The van der Waals surface area contributed by atoms with Gasteiger partial charge in [0.1, 0.15) is 0 Å². The zero-order chi connectivity index (χ0) is 65.5. The van der Waals surface area contributed by atoms with Crippen LogP contribution < -0.4 is 63.0 Å². The zero-order valence-corrected chi connectivity index (χ0v) is 57.3. The minimum Gasteiger partial charge on any atom is -0.378 e. The van der Waals surface area contributed by atoms with Gasteiger partial charge in [0, 0.05) is 103 Å². The van der Waals surface area contributed by atoms with Gasteiger partial charge in [-0.3, -0.25) is 38.4 Å². The molecule has 0 saturated carbocycles. The van der Waals surface area contributed by atoms with E-state index in [0.29, 0.717) is 124 Å². The number of rotatable bonds is 33. The first-order chi connectivity index (χ1) is 39.3. The Hall–Kier alpha value is -4.80. The number of hydrogen-bond acceptors (Lipinski definition) is 20. The van der Waals surface area contributed by atoms with Crippen molar-refractivity contribution in [2.45, 2.75) is 139 Å². The van der Waals surface area contributed by atoms with E-state index < -0.39 is 0 Å². The molecule has 0 bridgehead atoms. The molecule has 0 aliphatic rings. The van der Waals surface area contributed by atoms with E-state index in [1.807, 2.05) is 145 Å². The second-order valence-electron chi connectivity index (χ2n) is 26.7. The summed E-state index contributed by atoms with van der Waals surface area (Å²) >= 11 is 0. The third-order valence-corrected chi connectivity index (χ3v) is 14.9. The van der Waals surface area contributed by atoms with Crippen molar-refractivity contribution >= 4 is 22.7 Å². The number of anilines is 4. The van der Waals surface area contributed by atoms with Crippen molar-refractivity contribution in [3.8, 4) is 0 Å². The SMILES string of the molecule is CCCN(C)CCOCCN(C)c1c(C(C)(C)C)c(=O)c1=O.CCN(C)CCOCCN(C)c1c(C(C)(C)C)c(=O)c1=O.CCN(CC)CCOCCN(C)c1c(C(C)(C)C)c(=O)c1=O.CN(C)CCOCCN(C)c1c(C(C)(C)C)c(=O)c1=O. The van der Waals surface area contributed by atoms with Crippen LogP contribution in [-0.4, -0.2) is 207 Å². The Kier molecular flexibility index (Phi) is 33.0. The van der Waals surface area contributed by atoms with E-state index in [9.17, 15) is 38.4 Å². The predicted octanol–water partition coefficient (Wildman–Crippen LogP) is 4.33. The molecular formula is C65H114N8O12. The fourth-order valence-corrected chi connectivity index (χ4v) is 9.49. The lowest BCUT2D eigenvalue weighted by atomic mass is 9.82. The van der Waals surface area contributed by atoms with Gasteiger partial charge in [0.05, 0.1) is 75.6 Å². The van der Waals surface area contributed by atoms with E-state index in [2.05, 4.69) is 61.4 Å². The average Bonchev–Trinajstić information content (AvgIpc) is 2.87. The van der Waals surface area contributed by atoms with E-state index in [1.165, 1.54) is 0 Å². The van der Waals surface area contributed by atoms with Crippen molar-refractivity contribution in [1.82, 2.24) is 19.6 Å². The highest BCUT2D eigenvalue weighted by Crippen LogP contribution is 2.30. The average molecular weight is 1200 g/mol. The van der Waals surface area contributed by atoms with Crippen LogP contribution in [0.2, 0.25) is 0 Å². The topological polar surface area (TPSA) is 199 Å². The Morgan fingerprint density at radius 3 is 0.741 bits per heavy atom. The van der Waals surface area contributed by atoms with Gasteiger partial charge in [-0.15, -0.1) is 0 Å². The Morgan fingerprint density at radius 1 is 0.282 bits per heavy atom. The van der Waals surface area contributed by atoms with Crippen molar-refractivity contribution in [1.29, 1.82) is 0 Å². The molecule has 0 aliphatic heterocycles. The second-order valence-corrected chi connectivity index (χ2v) is 26.7. The number of nitrogens with zero attached hydrogens (tertiary/aromatic N) is 8. The second kappa shape index (κ2) is 35.9. The van der Waals surface area contributed by atoms with Crippen molar-refractivity contribution in [2.24, 2.45) is 0 Å². The quantitative estimate of drug-likeness (QED) is 0.0482. The standard InChI is InChI=1S/2C17H30N2O3.C16H28N2O3.C15H26N2O3/c1-7-8-18(5)9-11-22-12-10-19(6)14-13(17(2,3)4)15(20)16(14)21;1-7-19(8-2)10-12-22-11-9-18(6)14-13(17(3,4)5)15(20)16(14)21;1-7-17(5)8-10-21-11-9-18(6)13-12(16(2,3)4)14(19)15(13)20;1-15(2,3)11-12(14(19)13(11)18)17(6)8-10-20-9-7-16(4)5/h2*7-12H2,1-6H3;7-11H2,1-6H3;7-10H2,1-6H3. The summed E-state index contributed by atoms with van der Waals surface area (Å²) < 4.78 is 22.3. The maximum atomic E-state index is 11.8. The maximum absolute atomic E-state index is 11.8. The highest BCUT2D eigenvalue weighted by Gasteiger charge is 2.35. The molecule has 0 unspecified atom stereocenters. The molecule has 0 amide bonds. The van der Waals surface area contributed by atoms with Gasteiger partial charge >= 0.3 is 0 Å². The van der Waals surface area contributed by atoms with Gasteiger partial charge < -0.3 is 58.1 Å². The van der Waals surface area contributed by atoms with Crippen LogP contribution in [0.3, 0.4) is 0 Å². The van der Waals surface area contributed by atoms with Crippen LogP contribution in [0.25, 0.3) is 0 Å². The molecule has 85 heavy (non-hydrogen) atoms. The largest absolute Gasteiger partial charge is 0.378 e. The van der Waals surface area contributed by atoms with Crippen molar-refractivity contribution in [2.75, 3.05) is 207 Å². The van der Waals surface area contributed by atoms with Crippen LogP contribution in [0.1, 0.15) is 139 Å². The van der Waals surface area contributed by atoms with E-state index in [0.717, 1.165) is 58.8 Å². The first kappa shape index (κ1) is 78.2. The summed E-state index contributed by atoms with van der Waals surface area (Å²) in [4.78, 5) is 110. The summed E-state index contributed by atoms with van der Waals surface area (Å²) in [6.07, 6.45) is 1.14. The van der Waals surface area contributed by atoms with E-state index in [4.69, 9.17) is 18.9 Å². The number of hydrogen-bond donors (Lipinski definition) is 0. The molecule has 0 fully saturated rings. The highest BCUT2D eigenvalue weighted by molar-refractivity contribution is 5.63. The summed E-state index contributed by atoms with van der Waals surface area (Å²) in [6, 6.07) is 0. The summed E-state index contributed by atoms with van der Waals surface area (Å²) in [7, 11) is 15.5. The lowest BCUT2D eigenvalue weighted by Crippen LogP contribution is -2.47. The Labute approximate surface area is 509 Å². The van der Waals surface area contributed by atoms with Gasteiger partial charge in [0.2, 0.25) is 43.4 Å². The number of likely N-dealkylation sites (N-methyl/N-ethyl adjacent to an activating group) is 8. The molecule has 0 aromatic heterocycles. The normalized spacial score (nSPS) is 12.3. The smallest absolute Gasteiger partial charge is 0.249 e. The van der Waals surface area contributed by atoms with Gasteiger partial charge in [-0.2, -0.15) is 0 Å². The molecule has 4 rings (SSSR count). The van der Waals surface area contributed by atoms with Gasteiger partial charge in [0.25, 0.3) is 0 Å². The molecule has 4 aromatic carbocycles. The lowest BCUT2D eigenvalue weighted by Gasteiger charge is -2.29.